The number of methoxy groups -OCH3 is 1. The van der Waals surface area contributed by atoms with Crippen LogP contribution in [0.15, 0.2) is 30.6 Å². The van der Waals surface area contributed by atoms with Crippen molar-refractivity contribution in [3.63, 3.8) is 0 Å². The van der Waals surface area contributed by atoms with E-state index < -0.39 is 5.82 Å². The predicted molar refractivity (Wildman–Crippen MR) is 93.0 cm³/mol. The minimum Gasteiger partial charge on any atom is -0.496 e. The van der Waals surface area contributed by atoms with Crippen LogP contribution in [0.5, 0.6) is 5.75 Å². The van der Waals surface area contributed by atoms with Gasteiger partial charge in [0.15, 0.2) is 0 Å². The maximum absolute atomic E-state index is 13.6. The molecule has 0 aliphatic carbocycles. The second kappa shape index (κ2) is 7.90. The third-order valence-electron chi connectivity index (χ3n) is 4.13. The summed E-state index contributed by atoms with van der Waals surface area (Å²) in [5, 5.41) is 2.65. The van der Waals surface area contributed by atoms with E-state index in [-0.39, 0.29) is 24.2 Å². The third-order valence-corrected chi connectivity index (χ3v) is 4.13. The molecule has 0 unspecified atom stereocenters. The highest BCUT2D eigenvalue weighted by Crippen LogP contribution is 2.29. The number of rotatable bonds is 5. The van der Waals surface area contributed by atoms with Crippen molar-refractivity contribution in [1.82, 2.24) is 14.9 Å². The maximum Gasteiger partial charge on any atom is 0.245 e. The van der Waals surface area contributed by atoms with Gasteiger partial charge in [-0.25, -0.2) is 14.4 Å². The molecule has 1 aliphatic rings. The van der Waals surface area contributed by atoms with Gasteiger partial charge in [0.25, 0.3) is 0 Å². The van der Waals surface area contributed by atoms with E-state index in [0.717, 1.165) is 12.8 Å². The number of aromatic nitrogens is 2. The molecule has 0 spiro atoms. The largest absolute Gasteiger partial charge is 0.496 e. The minimum atomic E-state index is -0.423. The van der Waals surface area contributed by atoms with Crippen molar-refractivity contribution in [1.29, 1.82) is 0 Å². The molecule has 8 heteroatoms. The minimum absolute atomic E-state index is 0.0124. The molecule has 0 atom stereocenters. The van der Waals surface area contributed by atoms with Crippen LogP contribution in [0.1, 0.15) is 19.3 Å². The van der Waals surface area contributed by atoms with Crippen LogP contribution in [0.3, 0.4) is 0 Å². The fraction of sp³-hybridized carbons (Fsp3) is 0.333. The Labute approximate surface area is 150 Å². The zero-order valence-corrected chi connectivity index (χ0v) is 14.4. The van der Waals surface area contributed by atoms with Crippen molar-refractivity contribution in [3.05, 3.63) is 36.4 Å². The van der Waals surface area contributed by atoms with E-state index in [0.29, 0.717) is 30.0 Å². The van der Waals surface area contributed by atoms with E-state index in [1.165, 1.54) is 42.6 Å². The Kier molecular flexibility index (Phi) is 5.40. The van der Waals surface area contributed by atoms with Crippen molar-refractivity contribution in [3.8, 4) is 17.0 Å². The monoisotopic (exact) mass is 358 g/mol. The predicted octanol–water partition coefficient (Wildman–Crippen LogP) is 2.24. The van der Waals surface area contributed by atoms with Gasteiger partial charge in [-0.3, -0.25) is 9.59 Å². The lowest BCUT2D eigenvalue weighted by Crippen LogP contribution is -2.40. The number of likely N-dealkylation sites (tertiary alicyclic amines) is 1. The van der Waals surface area contributed by atoms with Crippen LogP contribution >= 0.6 is 0 Å². The summed E-state index contributed by atoms with van der Waals surface area (Å²) in [4.78, 5) is 33.7. The van der Waals surface area contributed by atoms with Crippen molar-refractivity contribution in [2.75, 3.05) is 25.5 Å². The zero-order chi connectivity index (χ0) is 18.5. The Morgan fingerprint density at radius 2 is 2.15 bits per heavy atom. The number of nitrogens with zero attached hydrogens (tertiary/aromatic N) is 3. The number of anilines is 1. The number of hydrogen-bond acceptors (Lipinski definition) is 5. The van der Waals surface area contributed by atoms with Crippen molar-refractivity contribution < 1.29 is 18.7 Å². The first-order valence-electron chi connectivity index (χ1n) is 8.30. The van der Waals surface area contributed by atoms with Gasteiger partial charge in [0.05, 0.1) is 19.3 Å². The lowest BCUT2D eigenvalue weighted by molar-refractivity contribution is -0.136. The summed E-state index contributed by atoms with van der Waals surface area (Å²) in [7, 11) is 1.48. The standard InChI is InChI=1S/C18H19FN4O3/c1-26-15-6-5-12(19)8-13(15)14-9-16(21-11-20-14)22-17(24)10-23-7-3-2-4-18(23)25/h5-6,8-9,11H,2-4,7,10H2,1H3,(H,20,21,22,24). The summed E-state index contributed by atoms with van der Waals surface area (Å²) in [6.45, 7) is 0.573. The van der Waals surface area contributed by atoms with E-state index in [1.807, 2.05) is 0 Å². The number of piperidine rings is 1. The summed E-state index contributed by atoms with van der Waals surface area (Å²) in [5.41, 5.74) is 0.873. The SMILES string of the molecule is COc1ccc(F)cc1-c1cc(NC(=O)CN2CCCCC2=O)ncn1. The summed E-state index contributed by atoms with van der Waals surface area (Å²) >= 11 is 0. The molecule has 2 heterocycles. The lowest BCUT2D eigenvalue weighted by atomic mass is 10.1. The molecule has 26 heavy (non-hydrogen) atoms. The Hall–Kier alpha value is -3.03. The van der Waals surface area contributed by atoms with E-state index in [4.69, 9.17) is 4.74 Å². The van der Waals surface area contributed by atoms with Crippen LogP contribution in [-0.2, 0) is 9.59 Å². The van der Waals surface area contributed by atoms with Crippen molar-refractivity contribution >= 4 is 17.6 Å². The summed E-state index contributed by atoms with van der Waals surface area (Å²) in [5.74, 6) is -0.0407. The van der Waals surface area contributed by atoms with Gasteiger partial charge in [-0.2, -0.15) is 0 Å². The van der Waals surface area contributed by atoms with Crippen molar-refractivity contribution in [2.45, 2.75) is 19.3 Å². The average molecular weight is 358 g/mol. The number of hydrogen-bond donors (Lipinski definition) is 1. The fourth-order valence-corrected chi connectivity index (χ4v) is 2.84. The Morgan fingerprint density at radius 3 is 2.92 bits per heavy atom. The maximum atomic E-state index is 13.6. The topological polar surface area (TPSA) is 84.4 Å². The molecule has 1 aromatic heterocycles. The van der Waals surface area contributed by atoms with Gasteiger partial charge < -0.3 is 15.0 Å². The molecule has 0 radical (unpaired) electrons. The highest BCUT2D eigenvalue weighted by Gasteiger charge is 2.20. The van der Waals surface area contributed by atoms with Gasteiger partial charge in [-0.15, -0.1) is 0 Å². The molecule has 2 aromatic rings. The highest BCUT2D eigenvalue weighted by atomic mass is 19.1. The molecule has 136 valence electrons. The molecule has 1 saturated heterocycles. The van der Waals surface area contributed by atoms with Crippen LogP contribution in [0.4, 0.5) is 10.2 Å². The second-order valence-electron chi connectivity index (χ2n) is 5.95. The molecule has 1 aromatic carbocycles. The zero-order valence-electron chi connectivity index (χ0n) is 14.4. The first kappa shape index (κ1) is 17.8. The number of benzene rings is 1. The third kappa shape index (κ3) is 4.14. The lowest BCUT2D eigenvalue weighted by Gasteiger charge is -2.25. The summed E-state index contributed by atoms with van der Waals surface area (Å²) in [6.07, 6.45) is 3.52. The first-order valence-corrected chi connectivity index (χ1v) is 8.30. The molecule has 7 nitrogen and oxygen atoms in total. The molecule has 1 fully saturated rings. The average Bonchev–Trinajstić information content (AvgIpc) is 2.64. The first-order chi connectivity index (χ1) is 12.6. The number of carbonyl (C=O) groups excluding carboxylic acids is 2. The number of carbonyl (C=O) groups is 2. The van der Waals surface area contributed by atoms with Gasteiger partial charge in [0.2, 0.25) is 11.8 Å². The number of nitrogens with one attached hydrogen (secondary N) is 1. The van der Waals surface area contributed by atoms with E-state index in [2.05, 4.69) is 15.3 Å². The normalized spacial score (nSPS) is 14.2. The van der Waals surface area contributed by atoms with Gasteiger partial charge in [0, 0.05) is 24.6 Å². The molecular formula is C18H19FN4O3. The van der Waals surface area contributed by atoms with Crippen LogP contribution in [0, 0.1) is 5.82 Å². The number of ether oxygens (including phenoxy) is 1. The van der Waals surface area contributed by atoms with Crippen LogP contribution in [0.25, 0.3) is 11.3 Å². The van der Waals surface area contributed by atoms with Crippen LogP contribution in [-0.4, -0.2) is 46.9 Å². The van der Waals surface area contributed by atoms with E-state index >= 15 is 0 Å². The fourth-order valence-electron chi connectivity index (χ4n) is 2.84. The van der Waals surface area contributed by atoms with Crippen LogP contribution in [0.2, 0.25) is 0 Å². The molecule has 2 amide bonds. The highest BCUT2D eigenvalue weighted by molar-refractivity contribution is 5.94. The van der Waals surface area contributed by atoms with E-state index in [1.54, 1.807) is 0 Å². The quantitative estimate of drug-likeness (QED) is 0.886. The molecule has 0 bridgehead atoms. The Bertz CT molecular complexity index is 828. The smallest absolute Gasteiger partial charge is 0.245 e. The molecule has 0 saturated carbocycles. The van der Waals surface area contributed by atoms with E-state index in [9.17, 15) is 14.0 Å². The number of amides is 2. The van der Waals surface area contributed by atoms with Gasteiger partial charge >= 0.3 is 0 Å². The number of halogens is 1. The van der Waals surface area contributed by atoms with Gasteiger partial charge in [-0.05, 0) is 31.0 Å². The molecule has 1 N–H and O–H groups in total. The summed E-state index contributed by atoms with van der Waals surface area (Å²) < 4.78 is 18.8. The van der Waals surface area contributed by atoms with Gasteiger partial charge in [0.1, 0.15) is 23.7 Å². The van der Waals surface area contributed by atoms with Crippen LogP contribution < -0.4 is 10.1 Å². The molecular weight excluding hydrogens is 339 g/mol. The molecule has 1 aliphatic heterocycles. The van der Waals surface area contributed by atoms with Crippen molar-refractivity contribution in [2.24, 2.45) is 0 Å². The Balaban J connectivity index is 1.74. The molecule has 3 rings (SSSR count). The second-order valence-corrected chi connectivity index (χ2v) is 5.95. The Morgan fingerprint density at radius 1 is 1.31 bits per heavy atom. The van der Waals surface area contributed by atoms with Gasteiger partial charge in [-0.1, -0.05) is 0 Å². The summed E-state index contributed by atoms with van der Waals surface area (Å²) in [6, 6.07) is 5.64.